The molecule has 0 bridgehead atoms. The van der Waals surface area contributed by atoms with Crippen molar-refractivity contribution in [2.24, 2.45) is 0 Å². The molecule has 0 saturated heterocycles. The number of nitrogens with one attached hydrogen (secondary N) is 2. The number of amides is 1. The predicted octanol–water partition coefficient (Wildman–Crippen LogP) is 1.84. The third-order valence-corrected chi connectivity index (χ3v) is 5.50. The van der Waals surface area contributed by atoms with E-state index in [1.54, 1.807) is 0 Å². The van der Waals surface area contributed by atoms with Crippen LogP contribution < -0.4 is 16.6 Å². The Kier molecular flexibility index (Phi) is 5.63. The zero-order valence-electron chi connectivity index (χ0n) is 17.2. The molecule has 0 aliphatic heterocycles. The Morgan fingerprint density at radius 1 is 1.09 bits per heavy atom. The van der Waals surface area contributed by atoms with Gasteiger partial charge in [-0.2, -0.15) is 0 Å². The second kappa shape index (κ2) is 8.54. The Morgan fingerprint density at radius 3 is 2.28 bits per heavy atom. The molecule has 1 aromatic heterocycles. The number of aromatic nitrogens is 2. The predicted molar refractivity (Wildman–Crippen MR) is 116 cm³/mol. The van der Waals surface area contributed by atoms with Crippen molar-refractivity contribution in [2.45, 2.75) is 25.4 Å². The summed E-state index contributed by atoms with van der Waals surface area (Å²) in [4.78, 5) is 49.6. The number of alkyl carbamates (subject to hydrolysis) is 1. The lowest BCUT2D eigenvalue weighted by Gasteiger charge is -2.18. The van der Waals surface area contributed by atoms with Gasteiger partial charge in [0.15, 0.2) is 0 Å². The number of carboxylic acid groups (broad SMARTS) is 1. The van der Waals surface area contributed by atoms with E-state index >= 15 is 0 Å². The van der Waals surface area contributed by atoms with Crippen LogP contribution in [0.25, 0.3) is 11.1 Å². The number of aryl methyl sites for hydroxylation is 1. The number of carbonyl (C=O) groups is 2. The van der Waals surface area contributed by atoms with Crippen molar-refractivity contribution >= 4 is 12.1 Å². The van der Waals surface area contributed by atoms with Gasteiger partial charge < -0.3 is 15.2 Å². The van der Waals surface area contributed by atoms with Crippen LogP contribution in [0.5, 0.6) is 0 Å². The molecule has 0 unspecified atom stereocenters. The molecule has 1 aliphatic carbocycles. The van der Waals surface area contributed by atoms with Gasteiger partial charge in [0.1, 0.15) is 12.6 Å². The van der Waals surface area contributed by atoms with Gasteiger partial charge in [-0.1, -0.05) is 48.5 Å². The fraction of sp³-hybridized carbons (Fsp3) is 0.217. The Hall–Kier alpha value is -4.14. The highest BCUT2D eigenvalue weighted by Gasteiger charge is 2.30. The monoisotopic (exact) mass is 435 g/mol. The van der Waals surface area contributed by atoms with Crippen LogP contribution in [0.2, 0.25) is 0 Å². The first-order valence-corrected chi connectivity index (χ1v) is 10.00. The maximum Gasteiger partial charge on any atom is 0.407 e. The lowest BCUT2D eigenvalue weighted by Crippen LogP contribution is -2.46. The molecule has 3 N–H and O–H groups in total. The smallest absolute Gasteiger partial charge is 0.407 e. The number of fused-ring (bicyclic) bond motifs is 3. The molecule has 1 heterocycles. The zero-order chi connectivity index (χ0) is 22.8. The lowest BCUT2D eigenvalue weighted by atomic mass is 9.98. The molecule has 164 valence electrons. The number of aliphatic carboxylic acids is 1. The van der Waals surface area contributed by atoms with Gasteiger partial charge in [0, 0.05) is 17.7 Å². The molecule has 32 heavy (non-hydrogen) atoms. The number of aromatic amines is 1. The van der Waals surface area contributed by atoms with Crippen molar-refractivity contribution in [3.8, 4) is 11.1 Å². The van der Waals surface area contributed by atoms with Gasteiger partial charge in [-0.3, -0.25) is 14.3 Å². The average Bonchev–Trinajstić information content (AvgIpc) is 3.09. The molecule has 1 amide bonds. The second-order valence-electron chi connectivity index (χ2n) is 7.58. The number of rotatable bonds is 6. The Morgan fingerprint density at radius 2 is 1.69 bits per heavy atom. The van der Waals surface area contributed by atoms with Crippen molar-refractivity contribution in [3.63, 3.8) is 0 Å². The van der Waals surface area contributed by atoms with Gasteiger partial charge >= 0.3 is 17.8 Å². The van der Waals surface area contributed by atoms with Crippen molar-refractivity contribution in [3.05, 3.63) is 92.3 Å². The molecule has 1 atom stereocenters. The number of nitrogens with zero attached hydrogens (tertiary/aromatic N) is 1. The van der Waals surface area contributed by atoms with Crippen molar-refractivity contribution < 1.29 is 19.4 Å². The van der Waals surface area contributed by atoms with Gasteiger partial charge in [0.25, 0.3) is 5.56 Å². The van der Waals surface area contributed by atoms with Crippen LogP contribution in [0.4, 0.5) is 4.79 Å². The first-order valence-electron chi connectivity index (χ1n) is 10.00. The summed E-state index contributed by atoms with van der Waals surface area (Å²) < 4.78 is 6.40. The third kappa shape index (κ3) is 4.04. The molecule has 0 saturated carbocycles. The summed E-state index contributed by atoms with van der Waals surface area (Å²) in [6, 6.07) is 14.3. The lowest BCUT2D eigenvalue weighted by molar-refractivity contribution is -0.139. The molecule has 4 rings (SSSR count). The number of carboxylic acids is 1. The normalized spacial score (nSPS) is 13.2. The zero-order valence-corrected chi connectivity index (χ0v) is 17.2. The van der Waals surface area contributed by atoms with Crippen LogP contribution in [0.15, 0.2) is 64.3 Å². The van der Waals surface area contributed by atoms with Gasteiger partial charge in [-0.05, 0) is 29.2 Å². The molecule has 0 fully saturated rings. The highest BCUT2D eigenvalue weighted by molar-refractivity contribution is 5.81. The summed E-state index contributed by atoms with van der Waals surface area (Å²) in [5.74, 6) is -1.50. The van der Waals surface area contributed by atoms with Gasteiger partial charge in [-0.15, -0.1) is 0 Å². The first-order chi connectivity index (χ1) is 15.3. The maximum absolute atomic E-state index is 12.4. The van der Waals surface area contributed by atoms with Gasteiger partial charge in [0.2, 0.25) is 0 Å². The molecule has 9 heteroatoms. The molecular weight excluding hydrogens is 414 g/mol. The summed E-state index contributed by atoms with van der Waals surface area (Å²) in [5, 5.41) is 11.8. The van der Waals surface area contributed by atoms with Crippen LogP contribution >= 0.6 is 0 Å². The topological polar surface area (TPSA) is 130 Å². The molecular formula is C23H21N3O6. The Bertz CT molecular complexity index is 1260. The number of H-pyrrole nitrogens is 1. The fourth-order valence-electron chi connectivity index (χ4n) is 3.92. The molecule has 0 spiro atoms. The fourth-order valence-corrected chi connectivity index (χ4v) is 3.92. The van der Waals surface area contributed by atoms with Crippen LogP contribution in [-0.2, 0) is 16.1 Å². The minimum Gasteiger partial charge on any atom is -0.480 e. The number of hydrogen-bond donors (Lipinski definition) is 3. The summed E-state index contributed by atoms with van der Waals surface area (Å²) >= 11 is 0. The van der Waals surface area contributed by atoms with Gasteiger partial charge in [0.05, 0.1) is 6.54 Å². The number of carbonyl (C=O) groups excluding carboxylic acids is 1. The minimum absolute atomic E-state index is 0.0317. The molecule has 1 aliphatic rings. The second-order valence-corrected chi connectivity index (χ2v) is 7.58. The summed E-state index contributed by atoms with van der Waals surface area (Å²) in [5.41, 5.74) is 3.15. The highest BCUT2D eigenvalue weighted by Crippen LogP contribution is 2.44. The van der Waals surface area contributed by atoms with Crippen molar-refractivity contribution in [2.75, 3.05) is 6.61 Å². The summed E-state index contributed by atoms with van der Waals surface area (Å²) in [6.45, 7) is 1.16. The average molecular weight is 435 g/mol. The Balaban J connectivity index is 1.46. The van der Waals surface area contributed by atoms with Crippen molar-refractivity contribution in [1.82, 2.24) is 14.9 Å². The standard InChI is InChI=1S/C23H21N3O6/c1-13-10-26(22(30)25-20(13)27)11-19(21(28)29)24-23(31)32-12-18-16-8-4-2-6-14(16)15-7-3-5-9-17(15)18/h2-10,18-19H,11-12H2,1H3,(H,24,31)(H,28,29)(H,25,27,30)/t19-/m1/s1. The van der Waals surface area contributed by atoms with E-state index in [1.165, 1.54) is 13.1 Å². The Labute approximate surface area is 182 Å². The van der Waals surface area contributed by atoms with Crippen molar-refractivity contribution in [1.29, 1.82) is 0 Å². The molecule has 0 radical (unpaired) electrons. The quantitative estimate of drug-likeness (QED) is 0.542. The van der Waals surface area contributed by atoms with E-state index in [-0.39, 0.29) is 24.6 Å². The van der Waals surface area contributed by atoms with E-state index in [0.29, 0.717) is 0 Å². The van der Waals surface area contributed by atoms with E-state index in [1.807, 2.05) is 48.5 Å². The van der Waals surface area contributed by atoms with E-state index in [2.05, 4.69) is 10.3 Å². The number of benzene rings is 2. The molecule has 2 aromatic carbocycles. The summed E-state index contributed by atoms with van der Waals surface area (Å²) in [7, 11) is 0. The van der Waals surface area contributed by atoms with Crippen LogP contribution in [0, 0.1) is 6.92 Å². The maximum atomic E-state index is 12.4. The third-order valence-electron chi connectivity index (χ3n) is 5.50. The van der Waals surface area contributed by atoms with Crippen LogP contribution in [0.1, 0.15) is 22.6 Å². The van der Waals surface area contributed by atoms with Gasteiger partial charge in [-0.25, -0.2) is 14.4 Å². The number of hydrogen-bond acceptors (Lipinski definition) is 5. The first kappa shape index (κ1) is 21.1. The molecule has 9 nitrogen and oxygen atoms in total. The minimum atomic E-state index is -1.42. The SMILES string of the molecule is Cc1cn(C[C@@H](NC(=O)OCC2c3ccccc3-c3ccccc32)C(=O)O)c(=O)[nH]c1=O. The van der Waals surface area contributed by atoms with E-state index in [9.17, 15) is 24.3 Å². The highest BCUT2D eigenvalue weighted by atomic mass is 16.5. The molecule has 3 aromatic rings. The van der Waals surface area contributed by atoms with E-state index in [0.717, 1.165) is 26.8 Å². The van der Waals surface area contributed by atoms with Crippen LogP contribution in [0.3, 0.4) is 0 Å². The summed E-state index contributed by atoms with van der Waals surface area (Å²) in [6.07, 6.45) is 0.338. The number of ether oxygens (including phenoxy) is 1. The van der Waals surface area contributed by atoms with E-state index in [4.69, 9.17) is 4.74 Å². The van der Waals surface area contributed by atoms with Crippen LogP contribution in [-0.4, -0.2) is 39.4 Å². The van der Waals surface area contributed by atoms with E-state index < -0.39 is 29.4 Å². The largest absolute Gasteiger partial charge is 0.480 e.